The van der Waals surface area contributed by atoms with Crippen molar-refractivity contribution >= 4 is 17.5 Å². The van der Waals surface area contributed by atoms with Crippen molar-refractivity contribution in [2.24, 2.45) is 5.92 Å². The van der Waals surface area contributed by atoms with Gasteiger partial charge >= 0.3 is 0 Å². The van der Waals surface area contributed by atoms with Crippen molar-refractivity contribution in [1.29, 1.82) is 0 Å². The molecule has 0 spiro atoms. The molecule has 2 atom stereocenters. The molecule has 2 rings (SSSR count). The lowest BCUT2D eigenvalue weighted by Gasteiger charge is -2.29. The first-order chi connectivity index (χ1) is 11.5. The summed E-state index contributed by atoms with van der Waals surface area (Å²) < 4.78 is 0. The van der Waals surface area contributed by atoms with Gasteiger partial charge in [-0.05, 0) is 45.0 Å². The Kier molecular flexibility index (Phi) is 6.55. The van der Waals surface area contributed by atoms with Gasteiger partial charge in [0.1, 0.15) is 6.04 Å². The molecule has 0 N–H and O–H groups in total. The molecule has 1 heterocycles. The number of benzene rings is 1. The van der Waals surface area contributed by atoms with E-state index in [-0.39, 0.29) is 23.8 Å². The Morgan fingerprint density at radius 2 is 1.50 bits per heavy atom. The van der Waals surface area contributed by atoms with E-state index in [2.05, 4.69) is 18.7 Å². The van der Waals surface area contributed by atoms with Crippen LogP contribution in [-0.4, -0.2) is 35.8 Å². The summed E-state index contributed by atoms with van der Waals surface area (Å²) in [6, 6.07) is 7.29. The molecule has 0 aromatic heterocycles. The maximum Gasteiger partial charge on any atom is 0.251 e. The SMILES string of the molecule is CCCCN(CCCC)C1C(=O)N(c2ccc(C)cc2)C(=O)C1C. The van der Waals surface area contributed by atoms with E-state index in [4.69, 9.17) is 0 Å². The fraction of sp³-hybridized carbons (Fsp3) is 0.600. The smallest absolute Gasteiger partial charge is 0.251 e. The van der Waals surface area contributed by atoms with Crippen LogP contribution in [0.15, 0.2) is 24.3 Å². The summed E-state index contributed by atoms with van der Waals surface area (Å²) >= 11 is 0. The van der Waals surface area contributed by atoms with E-state index in [0.29, 0.717) is 5.69 Å². The van der Waals surface area contributed by atoms with Gasteiger partial charge in [0.2, 0.25) is 5.91 Å². The van der Waals surface area contributed by atoms with Crippen LogP contribution in [0, 0.1) is 12.8 Å². The molecule has 1 aliphatic rings. The lowest BCUT2D eigenvalue weighted by atomic mass is 10.0. The Morgan fingerprint density at radius 1 is 0.958 bits per heavy atom. The molecule has 0 radical (unpaired) electrons. The number of hydrogen-bond acceptors (Lipinski definition) is 3. The highest BCUT2D eigenvalue weighted by Crippen LogP contribution is 2.30. The van der Waals surface area contributed by atoms with E-state index < -0.39 is 0 Å². The summed E-state index contributed by atoms with van der Waals surface area (Å²) in [5, 5.41) is 0. The molecule has 2 unspecified atom stereocenters. The van der Waals surface area contributed by atoms with Crippen LogP contribution in [0.3, 0.4) is 0 Å². The monoisotopic (exact) mass is 330 g/mol. The van der Waals surface area contributed by atoms with Gasteiger partial charge in [0.15, 0.2) is 0 Å². The maximum atomic E-state index is 13.0. The Morgan fingerprint density at radius 3 is 2.00 bits per heavy atom. The van der Waals surface area contributed by atoms with Crippen LogP contribution in [0.1, 0.15) is 52.0 Å². The Hall–Kier alpha value is -1.68. The van der Waals surface area contributed by atoms with Crippen LogP contribution in [-0.2, 0) is 9.59 Å². The molecule has 1 aromatic carbocycles. The van der Waals surface area contributed by atoms with E-state index in [1.54, 1.807) is 0 Å². The third kappa shape index (κ3) is 3.86. The van der Waals surface area contributed by atoms with E-state index in [1.165, 1.54) is 4.90 Å². The van der Waals surface area contributed by atoms with Crippen molar-refractivity contribution in [3.05, 3.63) is 29.8 Å². The minimum atomic E-state index is -0.322. The second kappa shape index (κ2) is 8.43. The first-order valence-corrected chi connectivity index (χ1v) is 9.19. The zero-order valence-electron chi connectivity index (χ0n) is 15.4. The lowest BCUT2D eigenvalue weighted by molar-refractivity contribution is -0.123. The summed E-state index contributed by atoms with van der Waals surface area (Å²) in [7, 11) is 0. The number of carbonyl (C=O) groups excluding carboxylic acids is 2. The van der Waals surface area contributed by atoms with Gasteiger partial charge in [-0.3, -0.25) is 14.5 Å². The summed E-state index contributed by atoms with van der Waals surface area (Å²) in [6.45, 7) is 9.96. The number of hydrogen-bond donors (Lipinski definition) is 0. The average molecular weight is 330 g/mol. The van der Waals surface area contributed by atoms with E-state index >= 15 is 0 Å². The van der Waals surface area contributed by atoms with Crippen molar-refractivity contribution in [3.63, 3.8) is 0 Å². The highest BCUT2D eigenvalue weighted by Gasteiger charge is 2.48. The van der Waals surface area contributed by atoms with Gasteiger partial charge in [-0.1, -0.05) is 51.3 Å². The molecule has 0 saturated carbocycles. The normalized spacial score (nSPS) is 21.1. The molecule has 4 heteroatoms. The van der Waals surface area contributed by atoms with E-state index in [0.717, 1.165) is 44.3 Å². The molecule has 4 nitrogen and oxygen atoms in total. The fourth-order valence-electron chi connectivity index (χ4n) is 3.33. The molecular formula is C20H30N2O2. The standard InChI is InChI=1S/C20H30N2O2/c1-5-7-13-21(14-8-6-2)18-16(4)19(23)22(20(18)24)17-11-9-15(3)10-12-17/h9-12,16,18H,5-8,13-14H2,1-4H3. The number of aryl methyl sites for hydroxylation is 1. The molecule has 0 aliphatic carbocycles. The molecule has 1 aromatic rings. The third-order valence-corrected chi connectivity index (χ3v) is 4.84. The molecular weight excluding hydrogens is 300 g/mol. The van der Waals surface area contributed by atoms with Crippen LogP contribution < -0.4 is 4.90 Å². The predicted molar refractivity (Wildman–Crippen MR) is 98.0 cm³/mol. The largest absolute Gasteiger partial charge is 0.291 e. The van der Waals surface area contributed by atoms with Gasteiger partial charge in [0.05, 0.1) is 11.6 Å². The fourth-order valence-corrected chi connectivity index (χ4v) is 3.33. The zero-order valence-corrected chi connectivity index (χ0v) is 15.4. The minimum absolute atomic E-state index is 0.0661. The number of carbonyl (C=O) groups is 2. The summed E-state index contributed by atoms with van der Waals surface area (Å²) in [4.78, 5) is 29.4. The first kappa shape index (κ1) is 18.7. The first-order valence-electron chi connectivity index (χ1n) is 9.19. The van der Waals surface area contributed by atoms with Gasteiger partial charge < -0.3 is 0 Å². The zero-order chi connectivity index (χ0) is 17.7. The quantitative estimate of drug-likeness (QED) is 0.681. The second-order valence-corrected chi connectivity index (χ2v) is 6.82. The number of imide groups is 1. The second-order valence-electron chi connectivity index (χ2n) is 6.82. The van der Waals surface area contributed by atoms with Crippen LogP contribution in [0.4, 0.5) is 5.69 Å². The number of unbranched alkanes of at least 4 members (excludes halogenated alkanes) is 2. The maximum absolute atomic E-state index is 13.0. The van der Waals surface area contributed by atoms with Gasteiger partial charge in [0, 0.05) is 0 Å². The number of nitrogens with zero attached hydrogens (tertiary/aromatic N) is 2. The highest BCUT2D eigenvalue weighted by molar-refractivity contribution is 6.23. The molecule has 0 bridgehead atoms. The Labute approximate surface area is 145 Å². The van der Waals surface area contributed by atoms with Crippen molar-refractivity contribution in [1.82, 2.24) is 4.90 Å². The molecule has 24 heavy (non-hydrogen) atoms. The van der Waals surface area contributed by atoms with Crippen LogP contribution >= 0.6 is 0 Å². The minimum Gasteiger partial charge on any atom is -0.291 e. The highest BCUT2D eigenvalue weighted by atomic mass is 16.2. The van der Waals surface area contributed by atoms with Gasteiger partial charge in [0.25, 0.3) is 5.91 Å². The van der Waals surface area contributed by atoms with Gasteiger partial charge in [-0.2, -0.15) is 0 Å². The third-order valence-electron chi connectivity index (χ3n) is 4.84. The Bertz CT molecular complexity index is 560. The average Bonchev–Trinajstić information content (AvgIpc) is 2.79. The van der Waals surface area contributed by atoms with E-state index in [9.17, 15) is 9.59 Å². The molecule has 132 valence electrons. The van der Waals surface area contributed by atoms with Gasteiger partial charge in [-0.15, -0.1) is 0 Å². The molecule has 1 aliphatic heterocycles. The van der Waals surface area contributed by atoms with Crippen molar-refractivity contribution in [3.8, 4) is 0 Å². The molecule has 1 saturated heterocycles. The topological polar surface area (TPSA) is 40.6 Å². The summed E-state index contributed by atoms with van der Waals surface area (Å²) in [5.74, 6) is -0.428. The summed E-state index contributed by atoms with van der Waals surface area (Å²) in [5.41, 5.74) is 1.81. The van der Waals surface area contributed by atoms with Crippen molar-refractivity contribution in [2.75, 3.05) is 18.0 Å². The number of rotatable bonds is 8. The van der Waals surface area contributed by atoms with E-state index in [1.807, 2.05) is 38.1 Å². The van der Waals surface area contributed by atoms with Crippen LogP contribution in [0.2, 0.25) is 0 Å². The van der Waals surface area contributed by atoms with Crippen LogP contribution in [0.5, 0.6) is 0 Å². The summed E-state index contributed by atoms with van der Waals surface area (Å²) in [6.07, 6.45) is 4.29. The predicted octanol–water partition coefficient (Wildman–Crippen LogP) is 3.78. The number of amides is 2. The molecule has 2 amide bonds. The van der Waals surface area contributed by atoms with Crippen molar-refractivity contribution in [2.45, 2.75) is 59.4 Å². The molecule has 1 fully saturated rings. The lowest BCUT2D eigenvalue weighted by Crippen LogP contribution is -2.45. The Balaban J connectivity index is 2.25. The van der Waals surface area contributed by atoms with Gasteiger partial charge in [-0.25, -0.2) is 4.90 Å². The van der Waals surface area contributed by atoms with Crippen LogP contribution in [0.25, 0.3) is 0 Å². The number of anilines is 1. The van der Waals surface area contributed by atoms with Crippen molar-refractivity contribution < 1.29 is 9.59 Å².